The molecule has 1 rings (SSSR count). The van der Waals surface area contributed by atoms with Crippen LogP contribution in [0.1, 0.15) is 50.4 Å². The van der Waals surface area contributed by atoms with Gasteiger partial charge in [-0.05, 0) is 32.4 Å². The summed E-state index contributed by atoms with van der Waals surface area (Å²) in [5.74, 6) is -0.593. The second-order valence-corrected chi connectivity index (χ2v) is 5.26. The van der Waals surface area contributed by atoms with Crippen LogP contribution in [-0.2, 0) is 0 Å². The largest absolute Gasteiger partial charge is 0.507 e. The van der Waals surface area contributed by atoms with Gasteiger partial charge in [0.1, 0.15) is 5.75 Å². The smallest absolute Gasteiger partial charge is 0.171 e. The summed E-state index contributed by atoms with van der Waals surface area (Å²) in [6.07, 6.45) is 2.54. The number of anilines is 1. The van der Waals surface area contributed by atoms with Gasteiger partial charge >= 0.3 is 0 Å². The molecule has 0 saturated heterocycles. The lowest BCUT2D eigenvalue weighted by molar-refractivity contribution is 0.0845. The Morgan fingerprint density at radius 1 is 1.24 bits per heavy atom. The SMILES string of the molecule is CCCCC(CO)C(=O)c1ccc(N(CC)CC)cc1O. The van der Waals surface area contributed by atoms with Gasteiger partial charge in [0.25, 0.3) is 0 Å². The van der Waals surface area contributed by atoms with Crippen molar-refractivity contribution in [1.82, 2.24) is 0 Å². The fraction of sp³-hybridized carbons (Fsp3) is 0.588. The first kappa shape index (κ1) is 17.5. The highest BCUT2D eigenvalue weighted by Crippen LogP contribution is 2.27. The van der Waals surface area contributed by atoms with Crippen LogP contribution >= 0.6 is 0 Å². The van der Waals surface area contributed by atoms with Crippen LogP contribution in [0.4, 0.5) is 5.69 Å². The molecule has 0 aliphatic carbocycles. The molecule has 2 N–H and O–H groups in total. The molecule has 4 nitrogen and oxygen atoms in total. The van der Waals surface area contributed by atoms with E-state index in [4.69, 9.17) is 0 Å². The number of phenolic OH excluding ortho intramolecular Hbond substituents is 1. The number of carbonyl (C=O) groups excluding carboxylic acids is 1. The van der Waals surface area contributed by atoms with Gasteiger partial charge in [0, 0.05) is 30.8 Å². The molecule has 0 radical (unpaired) electrons. The summed E-state index contributed by atoms with van der Waals surface area (Å²) in [6, 6.07) is 5.16. The number of aliphatic hydroxyl groups is 1. The van der Waals surface area contributed by atoms with Crippen molar-refractivity contribution in [3.05, 3.63) is 23.8 Å². The molecule has 4 heteroatoms. The van der Waals surface area contributed by atoms with Gasteiger partial charge in [-0.25, -0.2) is 0 Å². The molecule has 0 aliphatic rings. The lowest BCUT2D eigenvalue weighted by atomic mass is 9.92. The van der Waals surface area contributed by atoms with Gasteiger partial charge in [-0.1, -0.05) is 19.8 Å². The molecule has 0 heterocycles. The van der Waals surface area contributed by atoms with Crippen molar-refractivity contribution >= 4 is 11.5 Å². The standard InChI is InChI=1S/C17H27NO3/c1-4-7-8-13(12-19)17(21)15-10-9-14(11-16(15)20)18(5-2)6-3/h9-11,13,19-20H,4-8,12H2,1-3H3. The van der Waals surface area contributed by atoms with Crippen LogP contribution in [0.5, 0.6) is 5.75 Å². The number of carbonyl (C=O) groups is 1. The number of Topliss-reactive ketones (excluding diaryl/α,β-unsaturated/α-hetero) is 1. The molecule has 21 heavy (non-hydrogen) atoms. The van der Waals surface area contributed by atoms with Gasteiger partial charge in [0.05, 0.1) is 12.2 Å². The van der Waals surface area contributed by atoms with E-state index in [0.29, 0.717) is 12.0 Å². The average Bonchev–Trinajstić information content (AvgIpc) is 2.49. The van der Waals surface area contributed by atoms with Crippen LogP contribution in [0.2, 0.25) is 0 Å². The monoisotopic (exact) mass is 293 g/mol. The summed E-state index contributed by atoms with van der Waals surface area (Å²) in [4.78, 5) is 14.5. The summed E-state index contributed by atoms with van der Waals surface area (Å²) in [5.41, 5.74) is 1.21. The summed E-state index contributed by atoms with van der Waals surface area (Å²) < 4.78 is 0. The second kappa shape index (κ2) is 8.67. The maximum absolute atomic E-state index is 12.4. The molecule has 0 bridgehead atoms. The van der Waals surface area contributed by atoms with Crippen LogP contribution in [0, 0.1) is 5.92 Å². The first-order chi connectivity index (χ1) is 10.1. The zero-order valence-electron chi connectivity index (χ0n) is 13.3. The van der Waals surface area contributed by atoms with Gasteiger partial charge in [0.2, 0.25) is 0 Å². The predicted octanol–water partition coefficient (Wildman–Crippen LogP) is 3.22. The lowest BCUT2D eigenvalue weighted by Gasteiger charge is -2.22. The molecule has 1 atom stereocenters. The molecule has 0 amide bonds. The second-order valence-electron chi connectivity index (χ2n) is 5.26. The first-order valence-corrected chi connectivity index (χ1v) is 7.81. The van der Waals surface area contributed by atoms with E-state index in [9.17, 15) is 15.0 Å². The van der Waals surface area contributed by atoms with Crippen molar-refractivity contribution in [1.29, 1.82) is 0 Å². The van der Waals surface area contributed by atoms with E-state index < -0.39 is 5.92 Å². The molecule has 0 saturated carbocycles. The predicted molar refractivity (Wildman–Crippen MR) is 86.1 cm³/mol. The van der Waals surface area contributed by atoms with E-state index in [2.05, 4.69) is 11.8 Å². The minimum Gasteiger partial charge on any atom is -0.507 e. The highest BCUT2D eigenvalue weighted by Gasteiger charge is 2.22. The number of benzene rings is 1. The van der Waals surface area contributed by atoms with E-state index in [1.165, 1.54) is 0 Å². The van der Waals surface area contributed by atoms with Crippen molar-refractivity contribution < 1.29 is 15.0 Å². The molecule has 0 fully saturated rings. The average molecular weight is 293 g/mol. The minimum absolute atomic E-state index is 0.000603. The summed E-state index contributed by atoms with van der Waals surface area (Å²) >= 11 is 0. The fourth-order valence-electron chi connectivity index (χ4n) is 2.49. The maximum atomic E-state index is 12.4. The Labute approximate surface area is 127 Å². The number of rotatable bonds is 9. The molecule has 0 spiro atoms. The van der Waals surface area contributed by atoms with Gasteiger partial charge < -0.3 is 15.1 Å². The van der Waals surface area contributed by atoms with E-state index in [-0.39, 0.29) is 18.1 Å². The highest BCUT2D eigenvalue weighted by molar-refractivity contribution is 6.00. The Morgan fingerprint density at radius 3 is 2.38 bits per heavy atom. The zero-order valence-corrected chi connectivity index (χ0v) is 13.3. The highest BCUT2D eigenvalue weighted by atomic mass is 16.3. The third-order valence-corrected chi connectivity index (χ3v) is 3.87. The van der Waals surface area contributed by atoms with Gasteiger partial charge in [-0.2, -0.15) is 0 Å². The first-order valence-electron chi connectivity index (χ1n) is 7.81. The lowest BCUT2D eigenvalue weighted by Crippen LogP contribution is -2.22. The van der Waals surface area contributed by atoms with Crippen LogP contribution in [0.15, 0.2) is 18.2 Å². The summed E-state index contributed by atoms with van der Waals surface area (Å²) in [6.45, 7) is 7.67. The number of phenols is 1. The number of hydrogen-bond acceptors (Lipinski definition) is 4. The van der Waals surface area contributed by atoms with E-state index in [1.54, 1.807) is 12.1 Å². The minimum atomic E-state index is -0.421. The van der Waals surface area contributed by atoms with Crippen LogP contribution in [0.25, 0.3) is 0 Å². The molecule has 1 unspecified atom stereocenters. The Hall–Kier alpha value is -1.55. The number of aliphatic hydroxyl groups excluding tert-OH is 1. The quantitative estimate of drug-likeness (QED) is 0.686. The Balaban J connectivity index is 2.95. The van der Waals surface area contributed by atoms with Crippen LogP contribution in [-0.4, -0.2) is 35.7 Å². The third kappa shape index (κ3) is 4.46. The normalized spacial score (nSPS) is 12.2. The van der Waals surface area contributed by atoms with Crippen LogP contribution in [0.3, 0.4) is 0 Å². The van der Waals surface area contributed by atoms with E-state index in [1.807, 2.05) is 19.9 Å². The van der Waals surface area contributed by atoms with E-state index in [0.717, 1.165) is 31.6 Å². The van der Waals surface area contributed by atoms with Crippen molar-refractivity contribution in [3.63, 3.8) is 0 Å². The molecule has 118 valence electrons. The van der Waals surface area contributed by atoms with Gasteiger partial charge in [-0.15, -0.1) is 0 Å². The molecule has 0 aromatic heterocycles. The summed E-state index contributed by atoms with van der Waals surface area (Å²) in [5, 5.41) is 19.5. The van der Waals surface area contributed by atoms with Crippen molar-refractivity contribution in [3.8, 4) is 5.75 Å². The maximum Gasteiger partial charge on any atom is 0.171 e. The van der Waals surface area contributed by atoms with E-state index >= 15 is 0 Å². The van der Waals surface area contributed by atoms with Crippen LogP contribution < -0.4 is 4.90 Å². The Kier molecular flexibility index (Phi) is 7.23. The zero-order chi connectivity index (χ0) is 15.8. The van der Waals surface area contributed by atoms with Crippen molar-refractivity contribution in [2.45, 2.75) is 40.0 Å². The van der Waals surface area contributed by atoms with Crippen molar-refractivity contribution in [2.75, 3.05) is 24.6 Å². The Morgan fingerprint density at radius 2 is 1.90 bits per heavy atom. The number of ketones is 1. The molecular formula is C17H27NO3. The molecular weight excluding hydrogens is 266 g/mol. The summed E-state index contributed by atoms with van der Waals surface area (Å²) in [7, 11) is 0. The number of unbranched alkanes of at least 4 members (excludes halogenated alkanes) is 1. The molecule has 1 aromatic carbocycles. The number of aromatic hydroxyl groups is 1. The fourth-order valence-corrected chi connectivity index (χ4v) is 2.49. The number of hydrogen-bond donors (Lipinski definition) is 2. The molecule has 1 aromatic rings. The molecule has 0 aliphatic heterocycles. The Bertz CT molecular complexity index is 455. The van der Waals surface area contributed by atoms with Gasteiger partial charge in [0.15, 0.2) is 5.78 Å². The van der Waals surface area contributed by atoms with Gasteiger partial charge in [-0.3, -0.25) is 4.79 Å². The third-order valence-electron chi connectivity index (χ3n) is 3.87. The topological polar surface area (TPSA) is 60.8 Å². The van der Waals surface area contributed by atoms with Crippen molar-refractivity contribution in [2.24, 2.45) is 5.92 Å². The number of nitrogens with zero attached hydrogens (tertiary/aromatic N) is 1.